The van der Waals surface area contributed by atoms with E-state index in [1.54, 1.807) is 11.3 Å². The van der Waals surface area contributed by atoms with Gasteiger partial charge in [-0.15, -0.1) is 11.3 Å². The highest BCUT2D eigenvalue weighted by atomic mass is 32.1. The Bertz CT molecular complexity index is 886. The summed E-state index contributed by atoms with van der Waals surface area (Å²) < 4.78 is 0. The van der Waals surface area contributed by atoms with E-state index in [1.165, 1.54) is 16.0 Å². The van der Waals surface area contributed by atoms with Crippen LogP contribution in [0.2, 0.25) is 0 Å². The van der Waals surface area contributed by atoms with Crippen molar-refractivity contribution < 1.29 is 4.79 Å². The Labute approximate surface area is 170 Å². The van der Waals surface area contributed by atoms with Gasteiger partial charge in [-0.1, -0.05) is 67.6 Å². The second-order valence-electron chi connectivity index (χ2n) is 7.34. The van der Waals surface area contributed by atoms with E-state index < -0.39 is 0 Å². The maximum Gasteiger partial charge on any atom is 0.241 e. The van der Waals surface area contributed by atoms with Crippen molar-refractivity contribution in [2.24, 2.45) is 0 Å². The van der Waals surface area contributed by atoms with Gasteiger partial charge in [0.05, 0.1) is 6.04 Å². The van der Waals surface area contributed by atoms with E-state index in [1.807, 2.05) is 30.3 Å². The van der Waals surface area contributed by atoms with Gasteiger partial charge in [0.1, 0.15) is 6.04 Å². The molecule has 0 aliphatic heterocycles. The van der Waals surface area contributed by atoms with Gasteiger partial charge in [-0.3, -0.25) is 10.1 Å². The molecule has 2 N–H and O–H groups in total. The van der Waals surface area contributed by atoms with E-state index in [2.05, 4.69) is 59.3 Å². The summed E-state index contributed by atoms with van der Waals surface area (Å²) in [5.41, 5.74) is 3.49. The number of aryl methyl sites for hydroxylation is 1. The van der Waals surface area contributed by atoms with Gasteiger partial charge in [0.2, 0.25) is 5.91 Å². The van der Waals surface area contributed by atoms with Crippen LogP contribution in [0.3, 0.4) is 0 Å². The summed E-state index contributed by atoms with van der Waals surface area (Å²) in [5.74, 6) is 0.0560. The van der Waals surface area contributed by atoms with Crippen molar-refractivity contribution in [3.05, 3.63) is 93.7 Å². The molecule has 1 amide bonds. The molecule has 1 fully saturated rings. The third kappa shape index (κ3) is 4.51. The van der Waals surface area contributed by atoms with Gasteiger partial charge in [0, 0.05) is 10.9 Å². The van der Waals surface area contributed by atoms with Crippen LogP contribution < -0.4 is 10.6 Å². The zero-order valence-corrected chi connectivity index (χ0v) is 16.9. The SMILES string of the molecule is CCc1ccc([C@H](N[C@H](C(=O)NC2CC2)c2ccccc2)c2cccs2)cc1. The Morgan fingerprint density at radius 2 is 1.75 bits per heavy atom. The van der Waals surface area contributed by atoms with E-state index >= 15 is 0 Å². The maximum absolute atomic E-state index is 13.1. The highest BCUT2D eigenvalue weighted by Crippen LogP contribution is 2.30. The highest BCUT2D eigenvalue weighted by Gasteiger charge is 2.30. The lowest BCUT2D eigenvalue weighted by molar-refractivity contribution is -0.123. The highest BCUT2D eigenvalue weighted by molar-refractivity contribution is 7.10. The third-order valence-electron chi connectivity index (χ3n) is 5.20. The molecule has 0 radical (unpaired) electrons. The summed E-state index contributed by atoms with van der Waals surface area (Å²) in [7, 11) is 0. The molecule has 2 atom stereocenters. The number of benzene rings is 2. The summed E-state index contributed by atoms with van der Waals surface area (Å²) in [6.07, 6.45) is 3.19. The van der Waals surface area contributed by atoms with E-state index in [9.17, 15) is 4.79 Å². The summed E-state index contributed by atoms with van der Waals surface area (Å²) in [6.45, 7) is 2.16. The molecular formula is C24H26N2OS. The van der Waals surface area contributed by atoms with Crippen LogP contribution in [0, 0.1) is 0 Å². The number of carbonyl (C=O) groups is 1. The second kappa shape index (κ2) is 8.72. The summed E-state index contributed by atoms with van der Waals surface area (Å²) in [5, 5.41) is 8.92. The van der Waals surface area contributed by atoms with Gasteiger partial charge >= 0.3 is 0 Å². The molecule has 1 saturated carbocycles. The molecule has 4 rings (SSSR count). The molecule has 0 unspecified atom stereocenters. The van der Waals surface area contributed by atoms with Crippen molar-refractivity contribution in [2.45, 2.75) is 44.3 Å². The molecule has 28 heavy (non-hydrogen) atoms. The Balaban J connectivity index is 1.66. The van der Waals surface area contributed by atoms with Crippen LogP contribution in [0.15, 0.2) is 72.1 Å². The number of hydrogen-bond donors (Lipinski definition) is 2. The van der Waals surface area contributed by atoms with Crippen molar-refractivity contribution in [1.29, 1.82) is 0 Å². The predicted molar refractivity (Wildman–Crippen MR) is 115 cm³/mol. The van der Waals surface area contributed by atoms with Crippen LogP contribution in [0.5, 0.6) is 0 Å². The zero-order chi connectivity index (χ0) is 19.3. The first-order valence-electron chi connectivity index (χ1n) is 9.98. The van der Waals surface area contributed by atoms with Gasteiger partial charge in [-0.2, -0.15) is 0 Å². The Morgan fingerprint density at radius 3 is 2.36 bits per heavy atom. The fourth-order valence-corrected chi connectivity index (χ4v) is 4.20. The van der Waals surface area contributed by atoms with Crippen molar-refractivity contribution in [2.75, 3.05) is 0 Å². The van der Waals surface area contributed by atoms with Crippen LogP contribution in [0.1, 0.15) is 53.4 Å². The topological polar surface area (TPSA) is 41.1 Å². The zero-order valence-electron chi connectivity index (χ0n) is 16.1. The van der Waals surface area contributed by atoms with E-state index in [4.69, 9.17) is 0 Å². The number of rotatable bonds is 8. The van der Waals surface area contributed by atoms with Gasteiger partial charge in [0.15, 0.2) is 0 Å². The van der Waals surface area contributed by atoms with Crippen molar-refractivity contribution >= 4 is 17.2 Å². The molecule has 144 valence electrons. The predicted octanol–water partition coefficient (Wildman–Crippen LogP) is 5.01. The second-order valence-corrected chi connectivity index (χ2v) is 8.32. The first-order valence-corrected chi connectivity index (χ1v) is 10.9. The normalized spacial score (nSPS) is 15.8. The summed E-state index contributed by atoms with van der Waals surface area (Å²) >= 11 is 1.72. The number of thiophene rings is 1. The van der Waals surface area contributed by atoms with Crippen LogP contribution in [0.4, 0.5) is 0 Å². The van der Waals surface area contributed by atoms with Gasteiger partial charge < -0.3 is 5.32 Å². The lowest BCUT2D eigenvalue weighted by Crippen LogP contribution is -2.40. The number of carbonyl (C=O) groups excluding carboxylic acids is 1. The minimum Gasteiger partial charge on any atom is -0.352 e. The molecule has 1 aliphatic carbocycles. The molecule has 0 bridgehead atoms. The fourth-order valence-electron chi connectivity index (χ4n) is 3.39. The molecule has 1 aliphatic rings. The number of amides is 1. The molecule has 0 spiro atoms. The summed E-state index contributed by atoms with van der Waals surface area (Å²) in [6, 6.07) is 22.9. The van der Waals surface area contributed by atoms with Crippen LogP contribution >= 0.6 is 11.3 Å². The standard InChI is InChI=1S/C24H26N2OS/c1-2-17-10-12-19(13-11-17)22(21-9-6-16-28-21)26-23(18-7-4-3-5-8-18)24(27)25-20-14-15-20/h3-13,16,20,22-23,26H,2,14-15H2,1H3,(H,25,27)/t22-,23-/m0/s1. The van der Waals surface area contributed by atoms with Crippen LogP contribution in [-0.2, 0) is 11.2 Å². The molecule has 0 saturated heterocycles. The molecule has 4 heteroatoms. The third-order valence-corrected chi connectivity index (χ3v) is 6.14. The number of hydrogen-bond acceptors (Lipinski definition) is 3. The quantitative estimate of drug-likeness (QED) is 0.568. The van der Waals surface area contributed by atoms with Crippen LogP contribution in [-0.4, -0.2) is 11.9 Å². The largest absolute Gasteiger partial charge is 0.352 e. The van der Waals surface area contributed by atoms with Gasteiger partial charge in [0.25, 0.3) is 0 Å². The lowest BCUT2D eigenvalue weighted by Gasteiger charge is -2.26. The Kier molecular flexibility index (Phi) is 5.89. The molecule has 2 aromatic carbocycles. The minimum absolute atomic E-state index is 0.0268. The van der Waals surface area contributed by atoms with Crippen molar-refractivity contribution in [1.82, 2.24) is 10.6 Å². The van der Waals surface area contributed by atoms with Crippen molar-refractivity contribution in [3.63, 3.8) is 0 Å². The Morgan fingerprint density at radius 1 is 1.00 bits per heavy atom. The maximum atomic E-state index is 13.1. The summed E-state index contributed by atoms with van der Waals surface area (Å²) in [4.78, 5) is 14.3. The van der Waals surface area contributed by atoms with E-state index in [0.29, 0.717) is 6.04 Å². The van der Waals surface area contributed by atoms with E-state index in [-0.39, 0.29) is 18.0 Å². The van der Waals surface area contributed by atoms with Crippen molar-refractivity contribution in [3.8, 4) is 0 Å². The first kappa shape index (κ1) is 18.9. The average molecular weight is 391 g/mol. The molecule has 1 heterocycles. The molecule has 3 nitrogen and oxygen atoms in total. The average Bonchev–Trinajstić information content (AvgIpc) is 3.38. The molecule has 3 aromatic rings. The monoisotopic (exact) mass is 390 g/mol. The Hall–Kier alpha value is -2.43. The van der Waals surface area contributed by atoms with Gasteiger partial charge in [-0.25, -0.2) is 0 Å². The molecular weight excluding hydrogens is 364 g/mol. The van der Waals surface area contributed by atoms with Crippen LogP contribution in [0.25, 0.3) is 0 Å². The lowest BCUT2D eigenvalue weighted by atomic mass is 9.99. The van der Waals surface area contributed by atoms with E-state index in [0.717, 1.165) is 24.8 Å². The minimum atomic E-state index is -0.389. The first-order chi connectivity index (χ1) is 13.7. The number of nitrogens with one attached hydrogen (secondary N) is 2. The smallest absolute Gasteiger partial charge is 0.241 e. The fraction of sp³-hybridized carbons (Fsp3) is 0.292. The van der Waals surface area contributed by atoms with Gasteiger partial charge in [-0.05, 0) is 47.4 Å². The molecule has 1 aromatic heterocycles.